The van der Waals surface area contributed by atoms with Gasteiger partial charge in [-0.25, -0.2) is 4.21 Å². The van der Waals surface area contributed by atoms with E-state index < -0.39 is 18.9 Å². The summed E-state index contributed by atoms with van der Waals surface area (Å²) in [4.78, 5) is 0.872. The lowest BCUT2D eigenvalue weighted by molar-refractivity contribution is 0.234. The number of hydrogen-bond donors (Lipinski definition) is 0. The third-order valence-corrected chi connectivity index (χ3v) is 7.67. The first-order valence-corrected chi connectivity index (χ1v) is 10.3. The second-order valence-corrected chi connectivity index (χ2v) is 11.7. The molecule has 0 saturated heterocycles. The summed E-state index contributed by atoms with van der Waals surface area (Å²) in [6.07, 6.45) is 1.98. The fourth-order valence-corrected chi connectivity index (χ4v) is 5.64. The van der Waals surface area contributed by atoms with E-state index in [2.05, 4.69) is 19.6 Å². The van der Waals surface area contributed by atoms with Gasteiger partial charge in [0.2, 0.25) is 0 Å². The Labute approximate surface area is 107 Å². The van der Waals surface area contributed by atoms with Crippen LogP contribution in [0.5, 0.6) is 0 Å². The molecule has 0 saturated carbocycles. The van der Waals surface area contributed by atoms with E-state index >= 15 is 0 Å². The molecule has 4 heteroatoms. The lowest BCUT2D eigenvalue weighted by atomic mass is 10.4. The van der Waals surface area contributed by atoms with Crippen molar-refractivity contribution in [3.8, 4) is 0 Å². The Morgan fingerprint density at radius 3 is 2.35 bits per heavy atom. The van der Waals surface area contributed by atoms with Gasteiger partial charge in [0.1, 0.15) is 0 Å². The summed E-state index contributed by atoms with van der Waals surface area (Å²) in [5.74, 6) is 0. The highest BCUT2D eigenvalue weighted by atomic mass is 32.2. The summed E-state index contributed by atoms with van der Waals surface area (Å²) in [7, 11) is -0.982. The molecule has 1 rings (SSSR count). The number of ether oxygens (including phenoxy) is 1. The maximum Gasteiger partial charge on any atom is 0.0892 e. The highest BCUT2D eigenvalue weighted by Crippen LogP contribution is 2.23. The van der Waals surface area contributed by atoms with E-state index in [1.54, 1.807) is 7.11 Å². The van der Waals surface area contributed by atoms with Crippen molar-refractivity contribution in [3.05, 3.63) is 40.9 Å². The Morgan fingerprint density at radius 2 is 1.88 bits per heavy atom. The number of rotatable bonds is 5. The van der Waals surface area contributed by atoms with Crippen LogP contribution in [0.25, 0.3) is 0 Å². The number of methoxy groups -OCH3 is 1. The van der Waals surface area contributed by atoms with E-state index in [0.29, 0.717) is 6.61 Å². The van der Waals surface area contributed by atoms with Gasteiger partial charge in [0.25, 0.3) is 0 Å². The molecule has 0 aliphatic heterocycles. The lowest BCUT2D eigenvalue weighted by Gasteiger charge is -2.20. The fraction of sp³-hybridized carbons (Fsp3) is 0.385. The summed E-state index contributed by atoms with van der Waals surface area (Å²) < 4.78 is 18.6. The van der Waals surface area contributed by atoms with Gasteiger partial charge in [0, 0.05) is 16.5 Å². The predicted octanol–water partition coefficient (Wildman–Crippen LogP) is 3.20. The maximum atomic E-state index is 12.5. The van der Waals surface area contributed by atoms with E-state index in [1.807, 2.05) is 36.4 Å². The van der Waals surface area contributed by atoms with Crippen molar-refractivity contribution in [1.82, 2.24) is 0 Å². The number of benzene rings is 1. The van der Waals surface area contributed by atoms with Gasteiger partial charge in [-0.1, -0.05) is 43.9 Å². The topological polar surface area (TPSA) is 26.3 Å². The van der Waals surface area contributed by atoms with E-state index in [9.17, 15) is 4.21 Å². The first-order chi connectivity index (χ1) is 7.96. The summed E-state index contributed by atoms with van der Waals surface area (Å²) in [5, 5.41) is 0. The van der Waals surface area contributed by atoms with E-state index in [0.717, 1.165) is 9.42 Å². The SMILES string of the molecule is COC/C=C(/S(=O)c1ccccc1)[Si](C)(C)C. The molecule has 0 radical (unpaired) electrons. The zero-order valence-corrected chi connectivity index (χ0v) is 12.7. The normalized spacial score (nSPS) is 14.7. The zero-order chi connectivity index (χ0) is 12.9. The van der Waals surface area contributed by atoms with Crippen LogP contribution in [-0.2, 0) is 15.5 Å². The van der Waals surface area contributed by atoms with Crippen LogP contribution in [0.3, 0.4) is 0 Å². The Hall–Kier alpha value is -0.713. The molecule has 0 aliphatic rings. The van der Waals surface area contributed by atoms with Gasteiger partial charge in [-0.3, -0.25) is 0 Å². The van der Waals surface area contributed by atoms with Gasteiger partial charge >= 0.3 is 0 Å². The van der Waals surface area contributed by atoms with Crippen molar-refractivity contribution >= 4 is 18.9 Å². The van der Waals surface area contributed by atoms with Crippen LogP contribution in [0.1, 0.15) is 0 Å². The second kappa shape index (κ2) is 6.28. The van der Waals surface area contributed by atoms with Crippen molar-refractivity contribution in [2.75, 3.05) is 13.7 Å². The van der Waals surface area contributed by atoms with Gasteiger partial charge < -0.3 is 4.74 Å². The lowest BCUT2D eigenvalue weighted by Crippen LogP contribution is -2.27. The average Bonchev–Trinajstić information content (AvgIpc) is 2.29. The summed E-state index contributed by atoms with van der Waals surface area (Å²) in [5.41, 5.74) is 0. The third-order valence-electron chi connectivity index (χ3n) is 2.33. The first-order valence-electron chi connectivity index (χ1n) is 5.63. The number of hydrogen-bond acceptors (Lipinski definition) is 2. The third kappa shape index (κ3) is 4.22. The fourth-order valence-electron chi connectivity index (χ4n) is 1.49. The minimum absolute atomic E-state index is 0.526. The maximum absolute atomic E-state index is 12.5. The van der Waals surface area contributed by atoms with Crippen molar-refractivity contribution in [2.45, 2.75) is 24.5 Å². The molecule has 17 heavy (non-hydrogen) atoms. The largest absolute Gasteiger partial charge is 0.381 e. The van der Waals surface area contributed by atoms with Gasteiger partial charge in [-0.05, 0) is 12.1 Å². The molecule has 0 aromatic heterocycles. The molecule has 0 spiro atoms. The van der Waals surface area contributed by atoms with Crippen LogP contribution in [0.2, 0.25) is 19.6 Å². The van der Waals surface area contributed by atoms with E-state index in [-0.39, 0.29) is 0 Å². The summed E-state index contributed by atoms with van der Waals surface area (Å²) >= 11 is 0. The van der Waals surface area contributed by atoms with Crippen LogP contribution in [-0.4, -0.2) is 26.0 Å². The summed E-state index contributed by atoms with van der Waals surface area (Å²) in [6.45, 7) is 7.14. The van der Waals surface area contributed by atoms with Crippen molar-refractivity contribution in [2.24, 2.45) is 0 Å². The molecule has 0 bridgehead atoms. The predicted molar refractivity (Wildman–Crippen MR) is 76.2 cm³/mol. The summed E-state index contributed by atoms with van der Waals surface area (Å²) in [6, 6.07) is 9.61. The van der Waals surface area contributed by atoms with Gasteiger partial charge in [0.05, 0.1) is 25.5 Å². The van der Waals surface area contributed by atoms with Crippen LogP contribution >= 0.6 is 0 Å². The monoisotopic (exact) mass is 268 g/mol. The van der Waals surface area contributed by atoms with Gasteiger partial charge in [0.15, 0.2) is 0 Å². The smallest absolute Gasteiger partial charge is 0.0892 e. The molecule has 1 aromatic rings. The highest BCUT2D eigenvalue weighted by molar-refractivity contribution is 7.91. The minimum Gasteiger partial charge on any atom is -0.381 e. The van der Waals surface area contributed by atoms with Crippen LogP contribution in [0.15, 0.2) is 45.8 Å². The Morgan fingerprint density at radius 1 is 1.29 bits per heavy atom. The van der Waals surface area contributed by atoms with Crippen LogP contribution in [0, 0.1) is 0 Å². The van der Waals surface area contributed by atoms with Gasteiger partial charge in [-0.2, -0.15) is 0 Å². The highest BCUT2D eigenvalue weighted by Gasteiger charge is 2.25. The first kappa shape index (κ1) is 14.3. The molecule has 1 aromatic carbocycles. The zero-order valence-electron chi connectivity index (χ0n) is 10.9. The van der Waals surface area contributed by atoms with Crippen molar-refractivity contribution in [1.29, 1.82) is 0 Å². The van der Waals surface area contributed by atoms with Crippen molar-refractivity contribution in [3.63, 3.8) is 0 Å². The molecule has 0 aliphatic carbocycles. The molecule has 1 atom stereocenters. The van der Waals surface area contributed by atoms with E-state index in [1.165, 1.54) is 0 Å². The second-order valence-electron chi connectivity index (χ2n) is 4.86. The molecule has 0 N–H and O–H groups in total. The average molecular weight is 268 g/mol. The molecular formula is C13H20O2SSi. The Kier molecular flexibility index (Phi) is 5.30. The minimum atomic E-state index is -1.59. The standard InChI is InChI=1S/C13H20O2SSi/c1-15-11-10-13(17(2,3)4)16(14)12-8-6-5-7-9-12/h5-10H,11H2,1-4H3/b13-10-. The molecule has 1 unspecified atom stereocenters. The molecule has 94 valence electrons. The molecule has 0 amide bonds. The van der Waals surface area contributed by atoms with Crippen LogP contribution in [0.4, 0.5) is 0 Å². The quantitative estimate of drug-likeness (QED) is 0.767. The Bertz CT molecular complexity index is 407. The van der Waals surface area contributed by atoms with Crippen LogP contribution < -0.4 is 0 Å². The van der Waals surface area contributed by atoms with Crippen molar-refractivity contribution < 1.29 is 8.95 Å². The van der Waals surface area contributed by atoms with E-state index in [4.69, 9.17) is 4.74 Å². The molecule has 2 nitrogen and oxygen atoms in total. The molecule has 0 fully saturated rings. The molecule has 0 heterocycles. The van der Waals surface area contributed by atoms with Gasteiger partial charge in [-0.15, -0.1) is 0 Å². The Balaban J connectivity index is 3.05. The molecular weight excluding hydrogens is 248 g/mol.